The van der Waals surface area contributed by atoms with Gasteiger partial charge in [0, 0.05) is 6.42 Å². The second-order valence-corrected chi connectivity index (χ2v) is 3.86. The van der Waals surface area contributed by atoms with Crippen molar-refractivity contribution in [2.24, 2.45) is 5.92 Å². The fourth-order valence-electron chi connectivity index (χ4n) is 1.14. The van der Waals surface area contributed by atoms with E-state index in [2.05, 4.69) is 0 Å². The van der Waals surface area contributed by atoms with Crippen LogP contribution < -0.4 is 0 Å². The monoisotopic (exact) mass is 146 g/mol. The van der Waals surface area contributed by atoms with Gasteiger partial charge in [0.15, 0.2) is 0 Å². The number of carboxylic acid groups (broad SMARTS) is 1. The van der Waals surface area contributed by atoms with Crippen LogP contribution in [0.1, 0.15) is 12.8 Å². The van der Waals surface area contributed by atoms with Crippen LogP contribution in [0.25, 0.3) is 0 Å². The van der Waals surface area contributed by atoms with E-state index in [0.717, 1.165) is 21.2 Å². The molecular formula is C6H11O2P. The third-order valence-electron chi connectivity index (χ3n) is 1.63. The average Bonchev–Trinajstić information content (AvgIpc) is 2.15. The van der Waals surface area contributed by atoms with E-state index in [1.807, 2.05) is 0 Å². The van der Waals surface area contributed by atoms with Gasteiger partial charge < -0.3 is 5.11 Å². The molecule has 2 nitrogen and oxygen atoms in total. The minimum atomic E-state index is -0.633. The first-order valence-corrected chi connectivity index (χ1v) is 4.63. The molecule has 0 spiro atoms. The Morgan fingerprint density at radius 3 is 3.00 bits per heavy atom. The molecule has 9 heavy (non-hydrogen) atoms. The Labute approximate surface area is 56.4 Å². The molecule has 1 fully saturated rings. The number of carbonyl (C=O) groups is 1. The van der Waals surface area contributed by atoms with Crippen LogP contribution in [0, 0.1) is 5.92 Å². The van der Waals surface area contributed by atoms with Crippen molar-refractivity contribution in [1.82, 2.24) is 0 Å². The summed E-state index contributed by atoms with van der Waals surface area (Å²) in [6, 6.07) is 0. The predicted octanol–water partition coefficient (Wildman–Crippen LogP) is 1.16. The maximum Gasteiger partial charge on any atom is 0.303 e. The summed E-state index contributed by atoms with van der Waals surface area (Å²) in [5.41, 5.74) is 0. The van der Waals surface area contributed by atoms with E-state index in [1.54, 1.807) is 0 Å². The number of carboxylic acids is 1. The Hall–Kier alpha value is -0.100. The van der Waals surface area contributed by atoms with Gasteiger partial charge in [-0.25, -0.2) is 0 Å². The number of hydrogen-bond acceptors (Lipinski definition) is 1. The average molecular weight is 146 g/mol. The topological polar surface area (TPSA) is 37.3 Å². The van der Waals surface area contributed by atoms with Gasteiger partial charge in [-0.1, -0.05) is 0 Å². The van der Waals surface area contributed by atoms with Crippen LogP contribution in [-0.4, -0.2) is 23.4 Å². The highest BCUT2D eigenvalue weighted by Gasteiger charge is 2.17. The molecule has 1 rings (SSSR count). The van der Waals surface area contributed by atoms with E-state index in [-0.39, 0.29) is 0 Å². The van der Waals surface area contributed by atoms with E-state index >= 15 is 0 Å². The molecule has 0 amide bonds. The fourth-order valence-corrected chi connectivity index (χ4v) is 2.71. The molecule has 1 aliphatic rings. The SMILES string of the molecule is O=C(O)CC1CCPC1. The van der Waals surface area contributed by atoms with Crippen molar-refractivity contribution < 1.29 is 9.90 Å². The highest BCUT2D eigenvalue weighted by Crippen LogP contribution is 2.30. The Morgan fingerprint density at radius 2 is 2.56 bits per heavy atom. The molecule has 0 aromatic carbocycles. The van der Waals surface area contributed by atoms with E-state index in [0.29, 0.717) is 12.3 Å². The minimum absolute atomic E-state index is 0.396. The molecule has 1 saturated heterocycles. The fraction of sp³-hybridized carbons (Fsp3) is 0.833. The second kappa shape index (κ2) is 3.17. The smallest absolute Gasteiger partial charge is 0.303 e. The summed E-state index contributed by atoms with van der Waals surface area (Å²) < 4.78 is 0. The van der Waals surface area contributed by atoms with Crippen LogP contribution in [0.2, 0.25) is 0 Å². The zero-order chi connectivity index (χ0) is 6.69. The third kappa shape index (κ3) is 2.31. The number of hydrogen-bond donors (Lipinski definition) is 1. The van der Waals surface area contributed by atoms with Crippen molar-refractivity contribution in [3.63, 3.8) is 0 Å². The first kappa shape index (κ1) is 7.01. The van der Waals surface area contributed by atoms with Crippen LogP contribution in [0.15, 0.2) is 0 Å². The molecule has 52 valence electrons. The standard InChI is InChI=1S/C6H11O2P/c7-6(8)3-5-1-2-9-4-5/h5,9H,1-4H2,(H,7,8). The molecule has 2 unspecified atom stereocenters. The molecular weight excluding hydrogens is 135 g/mol. The summed E-state index contributed by atoms with van der Waals surface area (Å²) in [7, 11) is 1.03. The first-order valence-electron chi connectivity index (χ1n) is 3.21. The van der Waals surface area contributed by atoms with Gasteiger partial charge in [-0.2, -0.15) is 0 Å². The summed E-state index contributed by atoms with van der Waals surface area (Å²) >= 11 is 0. The van der Waals surface area contributed by atoms with Crippen LogP contribution >= 0.6 is 8.58 Å². The van der Waals surface area contributed by atoms with Gasteiger partial charge in [-0.15, -0.1) is 8.58 Å². The van der Waals surface area contributed by atoms with E-state index < -0.39 is 5.97 Å². The van der Waals surface area contributed by atoms with Crippen LogP contribution in [-0.2, 0) is 4.79 Å². The molecule has 2 atom stereocenters. The predicted molar refractivity (Wildman–Crippen MR) is 38.4 cm³/mol. The van der Waals surface area contributed by atoms with Crippen molar-refractivity contribution in [3.05, 3.63) is 0 Å². The Balaban J connectivity index is 2.19. The zero-order valence-corrected chi connectivity index (χ0v) is 6.26. The van der Waals surface area contributed by atoms with E-state index in [4.69, 9.17) is 5.11 Å². The Kier molecular flexibility index (Phi) is 2.47. The lowest BCUT2D eigenvalue weighted by molar-refractivity contribution is -0.137. The van der Waals surface area contributed by atoms with Crippen molar-refractivity contribution in [1.29, 1.82) is 0 Å². The molecule has 1 heterocycles. The Bertz CT molecular complexity index is 108. The molecule has 1 aliphatic heterocycles. The summed E-state index contributed by atoms with van der Waals surface area (Å²) in [5, 5.41) is 8.38. The summed E-state index contributed by atoms with van der Waals surface area (Å²) in [6.45, 7) is 0. The van der Waals surface area contributed by atoms with Crippen molar-refractivity contribution >= 4 is 14.6 Å². The molecule has 0 radical (unpaired) electrons. The third-order valence-corrected chi connectivity index (χ3v) is 3.13. The second-order valence-electron chi connectivity index (χ2n) is 2.46. The maximum absolute atomic E-state index is 10.2. The molecule has 0 aliphatic carbocycles. The maximum atomic E-state index is 10.2. The molecule has 1 N–H and O–H groups in total. The number of rotatable bonds is 2. The van der Waals surface area contributed by atoms with Gasteiger partial charge in [-0.05, 0) is 24.7 Å². The summed E-state index contributed by atoms with van der Waals surface area (Å²) in [6.07, 6.45) is 3.96. The molecule has 0 aromatic rings. The lowest BCUT2D eigenvalue weighted by atomic mass is 10.1. The van der Waals surface area contributed by atoms with Crippen LogP contribution in [0.4, 0.5) is 0 Å². The van der Waals surface area contributed by atoms with Crippen LogP contribution in [0.5, 0.6) is 0 Å². The minimum Gasteiger partial charge on any atom is -0.481 e. The molecule has 0 aromatic heterocycles. The number of aliphatic carboxylic acids is 1. The van der Waals surface area contributed by atoms with Gasteiger partial charge in [-0.3, -0.25) is 4.79 Å². The largest absolute Gasteiger partial charge is 0.481 e. The van der Waals surface area contributed by atoms with Crippen molar-refractivity contribution in [2.75, 3.05) is 12.3 Å². The lowest BCUT2D eigenvalue weighted by Crippen LogP contribution is -2.05. The highest BCUT2D eigenvalue weighted by molar-refractivity contribution is 7.38. The highest BCUT2D eigenvalue weighted by atomic mass is 31.1. The first-order chi connectivity index (χ1) is 4.29. The summed E-state index contributed by atoms with van der Waals surface area (Å²) in [5.74, 6) is -0.132. The van der Waals surface area contributed by atoms with Gasteiger partial charge in [0.1, 0.15) is 0 Å². The molecule has 0 saturated carbocycles. The van der Waals surface area contributed by atoms with Crippen molar-refractivity contribution in [2.45, 2.75) is 12.8 Å². The van der Waals surface area contributed by atoms with Crippen molar-refractivity contribution in [3.8, 4) is 0 Å². The Morgan fingerprint density at radius 1 is 1.78 bits per heavy atom. The molecule has 3 heteroatoms. The van der Waals surface area contributed by atoms with Gasteiger partial charge in [0.05, 0.1) is 0 Å². The van der Waals surface area contributed by atoms with Gasteiger partial charge in [0.2, 0.25) is 0 Å². The zero-order valence-electron chi connectivity index (χ0n) is 5.26. The molecule has 0 bridgehead atoms. The normalized spacial score (nSPS) is 29.1. The van der Waals surface area contributed by atoms with Gasteiger partial charge >= 0.3 is 5.97 Å². The quantitative estimate of drug-likeness (QED) is 0.593. The lowest BCUT2D eigenvalue weighted by Gasteiger charge is -2.01. The summed E-state index contributed by atoms with van der Waals surface area (Å²) in [4.78, 5) is 10.2. The van der Waals surface area contributed by atoms with E-state index in [9.17, 15) is 4.79 Å². The van der Waals surface area contributed by atoms with E-state index in [1.165, 1.54) is 6.16 Å². The van der Waals surface area contributed by atoms with Gasteiger partial charge in [0.25, 0.3) is 0 Å². The van der Waals surface area contributed by atoms with Crippen LogP contribution in [0.3, 0.4) is 0 Å².